The zero-order valence-electron chi connectivity index (χ0n) is 17.6. The van der Waals surface area contributed by atoms with Gasteiger partial charge in [-0.3, -0.25) is 15.1 Å². The first-order valence-corrected chi connectivity index (χ1v) is 10.4. The molecule has 0 atom stereocenters. The molecule has 0 saturated heterocycles. The molecule has 4 N–H and O–H groups in total. The number of hydrogen-bond acceptors (Lipinski definition) is 8. The Morgan fingerprint density at radius 3 is 2.72 bits per heavy atom. The minimum Gasteiger partial charge on any atom is -0.497 e. The maximum Gasteiger partial charge on any atom is 0.319 e. The lowest BCUT2D eigenvalue weighted by Gasteiger charge is -2.11. The van der Waals surface area contributed by atoms with Crippen LogP contribution >= 0.6 is 11.5 Å². The second kappa shape index (κ2) is 11.0. The summed E-state index contributed by atoms with van der Waals surface area (Å²) in [6.07, 6.45) is 3.80. The van der Waals surface area contributed by atoms with Crippen molar-refractivity contribution in [3.63, 3.8) is 0 Å². The van der Waals surface area contributed by atoms with Crippen LogP contribution in [0.3, 0.4) is 0 Å². The van der Waals surface area contributed by atoms with Gasteiger partial charge in [0.2, 0.25) is 5.88 Å². The molecule has 3 aromatic rings. The Bertz CT molecular complexity index is 1070. The van der Waals surface area contributed by atoms with Gasteiger partial charge in [0.25, 0.3) is 5.91 Å². The number of carbonyl (C=O) groups excluding carboxylic acids is 2. The SMILES string of the molecule is COc1ccc(OC)c(CCNC(=O)Nc2snc(OCc3cccnc3)c2C(N)=O)c1. The second-order valence-corrected chi connectivity index (χ2v) is 7.29. The van der Waals surface area contributed by atoms with Gasteiger partial charge in [-0.15, -0.1) is 0 Å². The third-order valence-electron chi connectivity index (χ3n) is 4.40. The second-order valence-electron chi connectivity index (χ2n) is 6.51. The van der Waals surface area contributed by atoms with Crippen LogP contribution in [0, 0.1) is 0 Å². The number of nitrogens with two attached hydrogens (primary N) is 1. The fourth-order valence-corrected chi connectivity index (χ4v) is 3.58. The van der Waals surface area contributed by atoms with Gasteiger partial charge < -0.3 is 25.3 Å². The average molecular weight is 458 g/mol. The van der Waals surface area contributed by atoms with Gasteiger partial charge in [-0.1, -0.05) is 6.07 Å². The van der Waals surface area contributed by atoms with Crippen LogP contribution in [0.5, 0.6) is 17.4 Å². The number of nitrogens with one attached hydrogen (secondary N) is 2. The number of methoxy groups -OCH3 is 2. The van der Waals surface area contributed by atoms with E-state index in [2.05, 4.69) is 20.0 Å². The Labute approximate surface area is 188 Å². The van der Waals surface area contributed by atoms with E-state index in [9.17, 15) is 9.59 Å². The third-order valence-corrected chi connectivity index (χ3v) is 5.15. The van der Waals surface area contributed by atoms with E-state index in [4.69, 9.17) is 19.9 Å². The zero-order chi connectivity index (χ0) is 22.9. The van der Waals surface area contributed by atoms with Crippen molar-refractivity contribution in [2.24, 2.45) is 5.73 Å². The van der Waals surface area contributed by atoms with Crippen molar-refractivity contribution in [3.8, 4) is 17.4 Å². The Balaban J connectivity index is 1.59. The lowest BCUT2D eigenvalue weighted by molar-refractivity contribution is 0.0996. The molecule has 2 heterocycles. The van der Waals surface area contributed by atoms with Gasteiger partial charge in [-0.05, 0) is 47.8 Å². The van der Waals surface area contributed by atoms with E-state index in [0.29, 0.717) is 24.5 Å². The molecule has 3 amide bonds. The molecular formula is C21H23N5O5S. The van der Waals surface area contributed by atoms with Crippen LogP contribution in [0.4, 0.5) is 9.80 Å². The Hall–Kier alpha value is -3.86. The molecule has 2 aromatic heterocycles. The highest BCUT2D eigenvalue weighted by Crippen LogP contribution is 2.30. The highest BCUT2D eigenvalue weighted by atomic mass is 32.1. The maximum atomic E-state index is 12.3. The predicted octanol–water partition coefficient (Wildman–Crippen LogP) is 2.60. The molecule has 0 spiro atoms. The van der Waals surface area contributed by atoms with Crippen LogP contribution in [-0.2, 0) is 13.0 Å². The number of urea groups is 1. The molecular weight excluding hydrogens is 434 g/mol. The molecule has 11 heteroatoms. The lowest BCUT2D eigenvalue weighted by atomic mass is 10.1. The van der Waals surface area contributed by atoms with Gasteiger partial charge in [0.1, 0.15) is 28.7 Å². The van der Waals surface area contributed by atoms with Gasteiger partial charge in [-0.2, -0.15) is 4.37 Å². The fourth-order valence-electron chi connectivity index (χ4n) is 2.85. The van der Waals surface area contributed by atoms with Crippen molar-refractivity contribution < 1.29 is 23.8 Å². The van der Waals surface area contributed by atoms with Gasteiger partial charge >= 0.3 is 6.03 Å². The number of anilines is 1. The summed E-state index contributed by atoms with van der Waals surface area (Å²) in [6, 6.07) is 8.54. The summed E-state index contributed by atoms with van der Waals surface area (Å²) in [5.74, 6) is 0.695. The normalized spacial score (nSPS) is 10.3. The predicted molar refractivity (Wildman–Crippen MR) is 119 cm³/mol. The molecule has 3 rings (SSSR count). The number of primary amides is 1. The molecule has 0 saturated carbocycles. The molecule has 0 fully saturated rings. The summed E-state index contributed by atoms with van der Waals surface area (Å²) < 4.78 is 20.3. The van der Waals surface area contributed by atoms with Crippen LogP contribution in [-0.4, -0.2) is 42.1 Å². The quantitative estimate of drug-likeness (QED) is 0.425. The summed E-state index contributed by atoms with van der Waals surface area (Å²) >= 11 is 0.909. The Morgan fingerprint density at radius 2 is 2.03 bits per heavy atom. The molecule has 1 aromatic carbocycles. The highest BCUT2D eigenvalue weighted by molar-refractivity contribution is 7.11. The van der Waals surface area contributed by atoms with E-state index in [1.54, 1.807) is 44.8 Å². The fraction of sp³-hybridized carbons (Fsp3) is 0.238. The minimum absolute atomic E-state index is 0.0171. The topological polar surface area (TPSA) is 138 Å². The number of carbonyl (C=O) groups is 2. The van der Waals surface area contributed by atoms with Gasteiger partial charge in [0.15, 0.2) is 0 Å². The monoisotopic (exact) mass is 457 g/mol. The Morgan fingerprint density at radius 1 is 1.19 bits per heavy atom. The molecule has 0 unspecified atom stereocenters. The first-order valence-electron chi connectivity index (χ1n) is 9.58. The van der Waals surface area contributed by atoms with Crippen molar-refractivity contribution in [1.29, 1.82) is 0 Å². The molecule has 10 nitrogen and oxygen atoms in total. The van der Waals surface area contributed by atoms with Gasteiger partial charge in [0, 0.05) is 24.5 Å². The summed E-state index contributed by atoms with van der Waals surface area (Å²) in [4.78, 5) is 28.3. The molecule has 32 heavy (non-hydrogen) atoms. The summed E-state index contributed by atoms with van der Waals surface area (Å²) in [5.41, 5.74) is 7.18. The smallest absolute Gasteiger partial charge is 0.319 e. The summed E-state index contributed by atoms with van der Waals surface area (Å²) in [6.45, 7) is 0.482. The van der Waals surface area contributed by atoms with Gasteiger partial charge in [-0.25, -0.2) is 4.79 Å². The first-order chi connectivity index (χ1) is 15.5. The van der Waals surface area contributed by atoms with Crippen molar-refractivity contribution in [1.82, 2.24) is 14.7 Å². The van der Waals surface area contributed by atoms with Crippen molar-refractivity contribution >= 4 is 28.5 Å². The van der Waals surface area contributed by atoms with Crippen molar-refractivity contribution in [3.05, 3.63) is 59.4 Å². The largest absolute Gasteiger partial charge is 0.497 e. The number of rotatable bonds is 10. The third kappa shape index (κ3) is 5.85. The molecule has 0 radical (unpaired) electrons. The highest BCUT2D eigenvalue weighted by Gasteiger charge is 2.22. The maximum absolute atomic E-state index is 12.3. The van der Waals surface area contributed by atoms with E-state index >= 15 is 0 Å². The molecule has 0 aliphatic rings. The molecule has 0 aliphatic heterocycles. The van der Waals surface area contributed by atoms with Crippen LogP contribution in [0.15, 0.2) is 42.7 Å². The van der Waals surface area contributed by atoms with Crippen molar-refractivity contribution in [2.75, 3.05) is 26.1 Å². The van der Waals surface area contributed by atoms with Crippen LogP contribution in [0.2, 0.25) is 0 Å². The number of pyridine rings is 1. The summed E-state index contributed by atoms with van der Waals surface area (Å²) in [7, 11) is 3.16. The van der Waals surface area contributed by atoms with Crippen LogP contribution in [0.25, 0.3) is 0 Å². The van der Waals surface area contributed by atoms with Crippen LogP contribution in [0.1, 0.15) is 21.5 Å². The number of ether oxygens (including phenoxy) is 3. The standard InChI is InChI=1S/C21H23N5O5S/c1-29-15-5-6-16(30-2)14(10-15)7-9-24-21(28)25-20-17(18(22)27)19(26-32-20)31-12-13-4-3-8-23-11-13/h3-6,8,10-11H,7,9,12H2,1-2H3,(H2,22,27)(H2,24,25,28). The van der Waals surface area contributed by atoms with Gasteiger partial charge in [0.05, 0.1) is 14.2 Å². The average Bonchev–Trinajstić information content (AvgIpc) is 3.20. The van der Waals surface area contributed by atoms with E-state index in [0.717, 1.165) is 22.7 Å². The Kier molecular flexibility index (Phi) is 7.81. The van der Waals surface area contributed by atoms with Crippen LogP contribution < -0.4 is 30.6 Å². The van der Waals surface area contributed by atoms with E-state index < -0.39 is 11.9 Å². The van der Waals surface area contributed by atoms with E-state index in [1.165, 1.54) is 0 Å². The number of hydrogen-bond donors (Lipinski definition) is 3. The minimum atomic E-state index is -0.753. The van der Waals surface area contributed by atoms with E-state index in [-0.39, 0.29) is 23.1 Å². The molecule has 0 bridgehead atoms. The molecule has 168 valence electrons. The summed E-state index contributed by atoms with van der Waals surface area (Å²) in [5, 5.41) is 5.54. The molecule has 0 aliphatic carbocycles. The number of benzene rings is 1. The zero-order valence-corrected chi connectivity index (χ0v) is 18.4. The number of aromatic nitrogens is 2. The van der Waals surface area contributed by atoms with Crippen molar-refractivity contribution in [2.45, 2.75) is 13.0 Å². The number of nitrogens with zero attached hydrogens (tertiary/aromatic N) is 2. The number of amides is 3. The first kappa shape index (κ1) is 22.8. The van der Waals surface area contributed by atoms with E-state index in [1.807, 2.05) is 12.1 Å². The lowest BCUT2D eigenvalue weighted by Crippen LogP contribution is -2.31.